The van der Waals surface area contributed by atoms with Gasteiger partial charge in [0.05, 0.1) is 49.0 Å². The molecule has 0 bridgehead atoms. The Morgan fingerprint density at radius 3 is 1.45 bits per heavy atom. The Morgan fingerprint density at radius 2 is 0.758 bits per heavy atom. The second-order valence-electron chi connectivity index (χ2n) is 25.0. The smallest absolute Gasteiger partial charge is 0.0640 e. The van der Waals surface area contributed by atoms with Crippen molar-refractivity contribution in [3.63, 3.8) is 0 Å². The minimum Gasteiger partial charge on any atom is -0.309 e. The van der Waals surface area contributed by atoms with E-state index < -0.39 is 0 Å². The van der Waals surface area contributed by atoms with E-state index in [0.29, 0.717) is 0 Å². The predicted molar refractivity (Wildman–Crippen MR) is 389 cm³/mol. The number of thiophene rings is 2. The van der Waals surface area contributed by atoms with Crippen molar-refractivity contribution in [3.05, 3.63) is 308 Å². The first kappa shape index (κ1) is 50.9. The van der Waals surface area contributed by atoms with E-state index in [4.69, 9.17) is 0 Å². The van der Waals surface area contributed by atoms with Gasteiger partial charge >= 0.3 is 0 Å². The minimum atomic E-state index is -0.214. The van der Waals surface area contributed by atoms with Crippen molar-refractivity contribution in [2.24, 2.45) is 0 Å². The predicted octanol–water partition coefficient (Wildman–Crippen LogP) is 23.5. The third-order valence-corrected chi connectivity index (χ3v) is 22.3. The number of rotatable bonds is 7. The third kappa shape index (κ3) is 7.49. The highest BCUT2D eigenvalue weighted by atomic mass is 32.1. The average molecular weight is 1200 g/mol. The lowest BCUT2D eigenvalue weighted by atomic mass is 9.73. The second kappa shape index (κ2) is 19.2. The molecule has 4 nitrogen and oxygen atoms in total. The summed E-state index contributed by atoms with van der Waals surface area (Å²) in [6.07, 6.45) is 5.78. The lowest BCUT2D eigenvalue weighted by Gasteiger charge is -2.30. The first-order valence-corrected chi connectivity index (χ1v) is 33.1. The highest BCUT2D eigenvalue weighted by Gasteiger charge is 2.33. The Balaban J connectivity index is 0.649. The van der Waals surface area contributed by atoms with Crippen molar-refractivity contribution in [3.8, 4) is 45.0 Å². The Kier molecular flexibility index (Phi) is 10.8. The maximum absolute atomic E-state index is 2.54. The van der Waals surface area contributed by atoms with Gasteiger partial charge in [0.25, 0.3) is 0 Å². The Bertz CT molecular complexity index is 6330. The molecule has 0 amide bonds. The Hall–Kier alpha value is -11.0. The SMILES string of the molecule is CC1(c2ccc3c(c2)c2ccccc2n3-c2ccccc2)C=Cc2c(c3ccccc3n2-c2cccc3c2sc2ccc(-c4cccc(-n5c6ccccc6c6cc(-c7ccc8c(c7)c7ccccc7n8-c7ccc8sc9ccccc9c8c7)ccc65)c4)cc23)C1. The Morgan fingerprint density at radius 1 is 0.297 bits per heavy atom. The summed E-state index contributed by atoms with van der Waals surface area (Å²) < 4.78 is 15.1. The summed E-state index contributed by atoms with van der Waals surface area (Å²) in [5.74, 6) is 0. The van der Waals surface area contributed by atoms with Gasteiger partial charge in [0.2, 0.25) is 0 Å². The monoisotopic (exact) mass is 1190 g/mol. The number of benzene rings is 13. The molecular weight excluding hydrogens is 1140 g/mol. The molecule has 13 aromatic carbocycles. The van der Waals surface area contributed by atoms with Crippen molar-refractivity contribution < 1.29 is 0 Å². The molecule has 0 N–H and O–H groups in total. The van der Waals surface area contributed by atoms with Crippen molar-refractivity contribution in [2.45, 2.75) is 18.8 Å². The summed E-state index contributed by atoms with van der Waals surface area (Å²) in [5, 5.41) is 14.0. The molecule has 1 atom stereocenters. The first-order valence-electron chi connectivity index (χ1n) is 31.4. The van der Waals surface area contributed by atoms with Crippen LogP contribution in [0.4, 0.5) is 0 Å². The van der Waals surface area contributed by atoms with Crippen LogP contribution in [0, 0.1) is 0 Å². The van der Waals surface area contributed by atoms with Gasteiger partial charge in [-0.05, 0) is 173 Å². The molecule has 6 heteroatoms. The summed E-state index contributed by atoms with van der Waals surface area (Å²) in [4.78, 5) is 0. The van der Waals surface area contributed by atoms with E-state index in [9.17, 15) is 0 Å². The number of fused-ring (bicyclic) bond motifs is 18. The van der Waals surface area contributed by atoms with Crippen LogP contribution >= 0.6 is 22.7 Å². The van der Waals surface area contributed by atoms with Gasteiger partial charge in [0.15, 0.2) is 0 Å². The molecule has 0 saturated heterocycles. The molecule has 91 heavy (non-hydrogen) atoms. The van der Waals surface area contributed by atoms with Gasteiger partial charge in [0.1, 0.15) is 0 Å². The molecule has 1 aliphatic carbocycles. The molecule has 0 fully saturated rings. The van der Waals surface area contributed by atoms with Crippen LogP contribution in [0.15, 0.2) is 291 Å². The molecule has 0 radical (unpaired) electrons. The molecule has 20 rings (SSSR count). The van der Waals surface area contributed by atoms with Crippen LogP contribution in [0.2, 0.25) is 0 Å². The number of allylic oxidation sites excluding steroid dienone is 1. The van der Waals surface area contributed by atoms with E-state index in [1.807, 2.05) is 22.7 Å². The quantitative estimate of drug-likeness (QED) is 0.152. The molecule has 1 unspecified atom stereocenters. The van der Waals surface area contributed by atoms with E-state index in [1.165, 1.54) is 173 Å². The van der Waals surface area contributed by atoms with E-state index in [0.717, 1.165) is 12.1 Å². The zero-order chi connectivity index (χ0) is 59.6. The zero-order valence-corrected chi connectivity index (χ0v) is 51.2. The second-order valence-corrected chi connectivity index (χ2v) is 27.2. The number of hydrogen-bond donors (Lipinski definition) is 0. The van der Waals surface area contributed by atoms with E-state index in [-0.39, 0.29) is 5.41 Å². The lowest BCUT2D eigenvalue weighted by molar-refractivity contribution is 0.589. The van der Waals surface area contributed by atoms with Crippen molar-refractivity contribution in [1.29, 1.82) is 0 Å². The maximum atomic E-state index is 2.54. The fourth-order valence-electron chi connectivity index (χ4n) is 15.7. The van der Waals surface area contributed by atoms with Crippen LogP contribution < -0.4 is 0 Å². The van der Waals surface area contributed by atoms with Crippen LogP contribution in [0.5, 0.6) is 0 Å². The van der Waals surface area contributed by atoms with Crippen molar-refractivity contribution in [2.75, 3.05) is 0 Å². The normalized spacial score (nSPS) is 14.4. The van der Waals surface area contributed by atoms with Crippen molar-refractivity contribution in [1.82, 2.24) is 18.3 Å². The molecule has 19 aromatic rings. The van der Waals surface area contributed by atoms with Crippen LogP contribution in [-0.2, 0) is 11.8 Å². The van der Waals surface area contributed by atoms with Crippen LogP contribution in [0.3, 0.4) is 0 Å². The first-order chi connectivity index (χ1) is 45.0. The van der Waals surface area contributed by atoms with Gasteiger partial charge in [-0.3, -0.25) is 0 Å². The third-order valence-electron chi connectivity index (χ3n) is 20.0. The molecule has 0 aliphatic heterocycles. The van der Waals surface area contributed by atoms with Gasteiger partial charge in [0, 0.05) is 102 Å². The average Bonchev–Trinajstić information content (AvgIpc) is 1.64. The number of aromatic nitrogens is 4. The lowest BCUT2D eigenvalue weighted by Crippen LogP contribution is -2.25. The van der Waals surface area contributed by atoms with Gasteiger partial charge in [-0.1, -0.05) is 171 Å². The molecular formula is C85H54N4S2. The molecule has 6 aromatic heterocycles. The highest BCUT2D eigenvalue weighted by Crippen LogP contribution is 2.48. The summed E-state index contributed by atoms with van der Waals surface area (Å²) in [6.45, 7) is 2.42. The molecule has 0 spiro atoms. The van der Waals surface area contributed by atoms with Crippen LogP contribution in [-0.4, -0.2) is 18.3 Å². The number of nitrogens with zero attached hydrogens (tertiary/aromatic N) is 4. The summed E-state index contributed by atoms with van der Waals surface area (Å²) in [7, 11) is 0. The minimum absolute atomic E-state index is 0.214. The standard InChI is InChI=1S/C85H54N4S2/c1-85(56-36-40-78-68(49-56)62-23-7-10-27-72(62)86(78)57-18-3-2-4-19-57)44-43-79-71(51-85)63-24-8-13-30-75(63)89(79)80-31-16-26-65-69-48-55(35-41-83(69)91-84(65)80)52-17-15-20-58(45-52)87-73-28-11-5-21-60(73)66-46-53(33-38-76(66)87)54-34-39-77-67(47-54)61-22-6-12-29-74(61)88(77)59-37-42-82-70(50-59)64-25-9-14-32-81(64)90-82/h2-50H,51H2,1H3. The summed E-state index contributed by atoms with van der Waals surface area (Å²) in [5.41, 5.74) is 21.8. The van der Waals surface area contributed by atoms with E-state index in [1.54, 1.807) is 0 Å². The fraction of sp³-hybridized carbons (Fsp3) is 0.0353. The summed E-state index contributed by atoms with van der Waals surface area (Å²) >= 11 is 3.77. The van der Waals surface area contributed by atoms with Gasteiger partial charge in [-0.25, -0.2) is 0 Å². The zero-order valence-electron chi connectivity index (χ0n) is 49.6. The van der Waals surface area contributed by atoms with Crippen LogP contribution in [0.25, 0.3) is 168 Å². The van der Waals surface area contributed by atoms with Crippen molar-refractivity contribution >= 4 is 145 Å². The topological polar surface area (TPSA) is 19.7 Å². The Labute approximate surface area is 531 Å². The van der Waals surface area contributed by atoms with Crippen LogP contribution in [0.1, 0.15) is 23.7 Å². The molecule has 0 saturated carbocycles. The molecule has 426 valence electrons. The van der Waals surface area contributed by atoms with E-state index >= 15 is 0 Å². The molecule has 6 heterocycles. The largest absolute Gasteiger partial charge is 0.309 e. The fourth-order valence-corrected chi connectivity index (χ4v) is 18.0. The van der Waals surface area contributed by atoms with Gasteiger partial charge < -0.3 is 18.3 Å². The van der Waals surface area contributed by atoms with Gasteiger partial charge in [-0.2, -0.15) is 0 Å². The number of para-hydroxylation sites is 5. The maximum Gasteiger partial charge on any atom is 0.0640 e. The van der Waals surface area contributed by atoms with Gasteiger partial charge in [-0.15, -0.1) is 22.7 Å². The summed E-state index contributed by atoms with van der Waals surface area (Å²) in [6, 6.07) is 107. The highest BCUT2D eigenvalue weighted by molar-refractivity contribution is 7.26. The van der Waals surface area contributed by atoms with E-state index in [2.05, 4.69) is 322 Å². The number of hydrogen-bond acceptors (Lipinski definition) is 2. The molecule has 1 aliphatic rings.